The van der Waals surface area contributed by atoms with E-state index in [1.165, 1.54) is 28.8 Å². The van der Waals surface area contributed by atoms with Crippen LogP contribution in [0.1, 0.15) is 19.9 Å². The number of urea groups is 1. The summed E-state index contributed by atoms with van der Waals surface area (Å²) in [4.78, 5) is 30.0. The van der Waals surface area contributed by atoms with Crippen molar-refractivity contribution in [2.24, 2.45) is 0 Å². The number of pyridine rings is 2. The van der Waals surface area contributed by atoms with Crippen LogP contribution in [0.3, 0.4) is 0 Å². The van der Waals surface area contributed by atoms with Gasteiger partial charge in [-0.05, 0) is 44.2 Å². The standard InChI is InChI=1S/C25H22F3N5O2/c1-13(2)33-22-11-23(29-3)30-12-14(22)7-18(24(33)34)17-9-21(20(28)10-19(17)27)32-25(35)31-16-6-4-5-15(26)8-16/h4-13H,1-3H3,(H,29,30)(H2,31,32,35). The fourth-order valence-electron chi connectivity index (χ4n) is 3.78. The first kappa shape index (κ1) is 23.8. The summed E-state index contributed by atoms with van der Waals surface area (Å²) < 4.78 is 44.3. The summed E-state index contributed by atoms with van der Waals surface area (Å²) in [6, 6.07) is 8.85. The number of carbonyl (C=O) groups excluding carboxylic acids is 1. The molecule has 0 bridgehead atoms. The number of aromatic nitrogens is 2. The van der Waals surface area contributed by atoms with Crippen molar-refractivity contribution in [2.45, 2.75) is 19.9 Å². The van der Waals surface area contributed by atoms with E-state index in [9.17, 15) is 22.8 Å². The van der Waals surface area contributed by atoms with E-state index in [1.807, 2.05) is 13.8 Å². The monoisotopic (exact) mass is 481 g/mol. The van der Waals surface area contributed by atoms with Gasteiger partial charge in [0.1, 0.15) is 23.3 Å². The molecule has 2 amide bonds. The molecular formula is C25H22F3N5O2. The summed E-state index contributed by atoms with van der Waals surface area (Å²) in [5.74, 6) is -2.01. The number of amides is 2. The second-order valence-corrected chi connectivity index (χ2v) is 8.11. The fraction of sp³-hybridized carbons (Fsp3) is 0.160. The third kappa shape index (κ3) is 4.81. The van der Waals surface area contributed by atoms with E-state index in [2.05, 4.69) is 20.9 Å². The molecule has 0 saturated carbocycles. The molecule has 2 aromatic carbocycles. The van der Waals surface area contributed by atoms with Gasteiger partial charge in [0.2, 0.25) is 0 Å². The van der Waals surface area contributed by atoms with Gasteiger partial charge in [-0.2, -0.15) is 0 Å². The van der Waals surface area contributed by atoms with Gasteiger partial charge in [0, 0.05) is 48.1 Å². The highest BCUT2D eigenvalue weighted by Crippen LogP contribution is 2.30. The molecule has 0 fully saturated rings. The molecule has 0 aliphatic heterocycles. The molecule has 0 saturated heterocycles. The summed E-state index contributed by atoms with van der Waals surface area (Å²) in [5, 5.41) is 8.15. The Bertz CT molecular complexity index is 1500. The molecule has 0 aliphatic rings. The molecule has 0 radical (unpaired) electrons. The average molecular weight is 481 g/mol. The maximum atomic E-state index is 14.9. The zero-order valence-electron chi connectivity index (χ0n) is 19.1. The van der Waals surface area contributed by atoms with Gasteiger partial charge in [-0.3, -0.25) is 4.79 Å². The molecule has 0 spiro atoms. The summed E-state index contributed by atoms with van der Waals surface area (Å²) in [6.07, 6.45) is 1.55. The lowest BCUT2D eigenvalue weighted by atomic mass is 10.0. The molecule has 10 heteroatoms. The quantitative estimate of drug-likeness (QED) is 0.339. The Morgan fingerprint density at radius 1 is 0.971 bits per heavy atom. The minimum Gasteiger partial charge on any atom is -0.373 e. The van der Waals surface area contributed by atoms with Crippen LogP contribution in [-0.2, 0) is 0 Å². The minimum absolute atomic E-state index is 0.0173. The molecule has 3 N–H and O–H groups in total. The van der Waals surface area contributed by atoms with Gasteiger partial charge in [0.25, 0.3) is 5.56 Å². The largest absolute Gasteiger partial charge is 0.373 e. The van der Waals surface area contributed by atoms with Gasteiger partial charge in [-0.25, -0.2) is 22.9 Å². The first-order valence-corrected chi connectivity index (χ1v) is 10.7. The molecule has 0 aliphatic carbocycles. The van der Waals surface area contributed by atoms with Crippen LogP contribution in [0.25, 0.3) is 22.0 Å². The lowest BCUT2D eigenvalue weighted by Crippen LogP contribution is -2.24. The Balaban J connectivity index is 1.78. The van der Waals surface area contributed by atoms with Crippen LogP contribution in [0.4, 0.5) is 35.2 Å². The number of benzene rings is 2. The van der Waals surface area contributed by atoms with Gasteiger partial charge in [0.05, 0.1) is 16.8 Å². The van der Waals surface area contributed by atoms with Gasteiger partial charge in [0.15, 0.2) is 0 Å². The van der Waals surface area contributed by atoms with E-state index in [0.29, 0.717) is 22.8 Å². The number of hydrogen-bond acceptors (Lipinski definition) is 4. The third-order valence-electron chi connectivity index (χ3n) is 5.37. The Morgan fingerprint density at radius 3 is 2.43 bits per heavy atom. The predicted molar refractivity (Wildman–Crippen MR) is 130 cm³/mol. The zero-order valence-corrected chi connectivity index (χ0v) is 19.1. The van der Waals surface area contributed by atoms with Crippen LogP contribution >= 0.6 is 0 Å². The van der Waals surface area contributed by atoms with Crippen molar-refractivity contribution >= 4 is 34.1 Å². The van der Waals surface area contributed by atoms with Crippen LogP contribution in [0.5, 0.6) is 0 Å². The molecule has 7 nitrogen and oxygen atoms in total. The second-order valence-electron chi connectivity index (χ2n) is 8.11. The Morgan fingerprint density at radius 2 is 1.74 bits per heavy atom. The number of nitrogens with zero attached hydrogens (tertiary/aromatic N) is 2. The molecule has 0 atom stereocenters. The highest BCUT2D eigenvalue weighted by molar-refractivity contribution is 6.00. The average Bonchev–Trinajstić information content (AvgIpc) is 2.80. The molecule has 2 aromatic heterocycles. The number of hydrogen-bond donors (Lipinski definition) is 3. The van der Waals surface area contributed by atoms with Crippen LogP contribution < -0.4 is 21.5 Å². The normalized spacial score (nSPS) is 11.1. The zero-order chi connectivity index (χ0) is 25.3. The number of carbonyl (C=O) groups is 1. The first-order chi connectivity index (χ1) is 16.7. The first-order valence-electron chi connectivity index (χ1n) is 10.7. The van der Waals surface area contributed by atoms with Crippen molar-refractivity contribution < 1.29 is 18.0 Å². The maximum Gasteiger partial charge on any atom is 0.323 e. The van der Waals surface area contributed by atoms with Crippen molar-refractivity contribution in [1.29, 1.82) is 0 Å². The molecule has 4 rings (SSSR count). The molecule has 4 aromatic rings. The smallest absolute Gasteiger partial charge is 0.323 e. The number of fused-ring (bicyclic) bond motifs is 1. The number of nitrogens with one attached hydrogen (secondary N) is 3. The topological polar surface area (TPSA) is 88.1 Å². The SMILES string of the molecule is CNc1cc2c(cn1)cc(-c1cc(NC(=O)Nc3cccc(F)c3)c(F)cc1F)c(=O)n2C(C)C. The molecule has 0 unspecified atom stereocenters. The summed E-state index contributed by atoms with van der Waals surface area (Å²) in [5.41, 5.74) is -0.296. The molecule has 180 valence electrons. The fourth-order valence-corrected chi connectivity index (χ4v) is 3.78. The van der Waals surface area contributed by atoms with Gasteiger partial charge in [-0.1, -0.05) is 6.07 Å². The van der Waals surface area contributed by atoms with Crippen molar-refractivity contribution in [3.05, 3.63) is 82.5 Å². The van der Waals surface area contributed by atoms with Crippen LogP contribution in [0, 0.1) is 17.5 Å². The van der Waals surface area contributed by atoms with Crippen LogP contribution in [-0.4, -0.2) is 22.6 Å². The lowest BCUT2D eigenvalue weighted by Gasteiger charge is -2.17. The summed E-state index contributed by atoms with van der Waals surface area (Å²) in [7, 11) is 1.70. The van der Waals surface area contributed by atoms with Gasteiger partial charge >= 0.3 is 6.03 Å². The minimum atomic E-state index is -1.04. The lowest BCUT2D eigenvalue weighted by molar-refractivity contribution is 0.262. The number of anilines is 3. The highest BCUT2D eigenvalue weighted by atomic mass is 19.1. The Labute approximate surface area is 198 Å². The van der Waals surface area contributed by atoms with Crippen molar-refractivity contribution in [2.75, 3.05) is 23.0 Å². The summed E-state index contributed by atoms with van der Waals surface area (Å²) in [6.45, 7) is 3.63. The van der Waals surface area contributed by atoms with E-state index in [1.54, 1.807) is 19.3 Å². The van der Waals surface area contributed by atoms with Crippen molar-refractivity contribution in [1.82, 2.24) is 9.55 Å². The van der Waals surface area contributed by atoms with E-state index < -0.39 is 29.0 Å². The van der Waals surface area contributed by atoms with E-state index >= 15 is 0 Å². The third-order valence-corrected chi connectivity index (χ3v) is 5.37. The van der Waals surface area contributed by atoms with Gasteiger partial charge in [-0.15, -0.1) is 0 Å². The van der Waals surface area contributed by atoms with E-state index in [-0.39, 0.29) is 28.5 Å². The van der Waals surface area contributed by atoms with Crippen LogP contribution in [0.2, 0.25) is 0 Å². The van der Waals surface area contributed by atoms with Crippen molar-refractivity contribution in [3.8, 4) is 11.1 Å². The molecular weight excluding hydrogens is 459 g/mol. The number of rotatable bonds is 5. The maximum absolute atomic E-state index is 14.9. The van der Waals surface area contributed by atoms with E-state index in [0.717, 1.165) is 12.1 Å². The highest BCUT2D eigenvalue weighted by Gasteiger charge is 2.20. The number of halogens is 3. The predicted octanol–water partition coefficient (Wildman–Crippen LogP) is 5.75. The molecule has 35 heavy (non-hydrogen) atoms. The second kappa shape index (κ2) is 9.49. The molecule has 2 heterocycles. The Kier molecular flexibility index (Phi) is 6.46. The van der Waals surface area contributed by atoms with Gasteiger partial charge < -0.3 is 20.5 Å². The van der Waals surface area contributed by atoms with Crippen LogP contribution in [0.15, 0.2) is 59.5 Å². The Hall–Kier alpha value is -4.34. The van der Waals surface area contributed by atoms with E-state index in [4.69, 9.17) is 0 Å². The summed E-state index contributed by atoms with van der Waals surface area (Å²) >= 11 is 0. The van der Waals surface area contributed by atoms with Crippen molar-refractivity contribution in [3.63, 3.8) is 0 Å².